The van der Waals surface area contributed by atoms with Crippen molar-refractivity contribution < 1.29 is 17.4 Å². The van der Waals surface area contributed by atoms with Crippen molar-refractivity contribution in [2.24, 2.45) is 22.5 Å². The molecular weight excluding hydrogens is 506 g/mol. The molecule has 1 aliphatic heterocycles. The summed E-state index contributed by atoms with van der Waals surface area (Å²) in [5.41, 5.74) is 8.38. The van der Waals surface area contributed by atoms with Gasteiger partial charge in [-0.2, -0.15) is 0 Å². The van der Waals surface area contributed by atoms with Gasteiger partial charge in [0.25, 0.3) is 0 Å². The van der Waals surface area contributed by atoms with Crippen molar-refractivity contribution in [3.63, 3.8) is 0 Å². The summed E-state index contributed by atoms with van der Waals surface area (Å²) in [7, 11) is -4.51. The summed E-state index contributed by atoms with van der Waals surface area (Å²) in [4.78, 5) is 13.0. The third-order valence-electron chi connectivity index (χ3n) is 10.8. The van der Waals surface area contributed by atoms with E-state index < -0.39 is 32.3 Å². The molecule has 4 aliphatic rings. The molecule has 37 heavy (non-hydrogen) atoms. The van der Waals surface area contributed by atoms with Crippen molar-refractivity contribution in [2.75, 3.05) is 30.9 Å². The quantitative estimate of drug-likeness (QED) is 0.518. The fourth-order valence-corrected chi connectivity index (χ4v) is 11.1. The number of hydrogen-bond acceptors (Lipinski definition) is 5. The van der Waals surface area contributed by atoms with E-state index in [0.717, 1.165) is 44.9 Å². The third-order valence-corrected chi connectivity index (χ3v) is 13.6. The van der Waals surface area contributed by atoms with E-state index in [1.54, 1.807) is 10.6 Å². The summed E-state index contributed by atoms with van der Waals surface area (Å²) < 4.78 is 41.1. The molecule has 7 nitrogen and oxygen atoms in total. The molecule has 0 aromatic heterocycles. The van der Waals surface area contributed by atoms with Crippen molar-refractivity contribution in [2.45, 2.75) is 82.7 Å². The summed E-state index contributed by atoms with van der Waals surface area (Å²) in [5, 5.41) is 3.16. The van der Waals surface area contributed by atoms with Gasteiger partial charge in [0.1, 0.15) is 0 Å². The Morgan fingerprint density at radius 2 is 1.89 bits per heavy atom. The summed E-state index contributed by atoms with van der Waals surface area (Å²) in [6.07, 6.45) is 8.49. The number of carbonyl (C=O) groups is 1. The molecule has 1 spiro atoms. The normalized spacial score (nSPS) is 31.8. The Morgan fingerprint density at radius 1 is 1.19 bits per heavy atom. The van der Waals surface area contributed by atoms with Crippen LogP contribution < -0.4 is 11.1 Å². The van der Waals surface area contributed by atoms with Gasteiger partial charge in [-0.25, -0.2) is 12.7 Å². The Bertz CT molecular complexity index is 1180. The number of hydrogen-bond donors (Lipinski definition) is 2. The number of aryl methyl sites for hydroxylation is 1. The molecular formula is C28H43N3O4S2. The van der Waals surface area contributed by atoms with Crippen LogP contribution in [0.15, 0.2) is 24.3 Å². The van der Waals surface area contributed by atoms with E-state index in [2.05, 4.69) is 43.4 Å². The van der Waals surface area contributed by atoms with E-state index >= 15 is 0 Å². The van der Waals surface area contributed by atoms with E-state index in [0.29, 0.717) is 31.2 Å². The number of sulfonamides is 1. The third kappa shape index (κ3) is 4.61. The SMILES string of the molecule is CS(=O)CC[C@H](N)C(=O)N[C@H]1C[C@H]2CC[C@]1(CS(=O)(=O)N1CCC3(CCc4ccccc43)CC1)C2(C)C. The first kappa shape index (κ1) is 27.3. The predicted molar refractivity (Wildman–Crippen MR) is 148 cm³/mol. The molecule has 9 heteroatoms. The van der Waals surface area contributed by atoms with Crippen molar-refractivity contribution in [1.29, 1.82) is 0 Å². The standard InChI is InChI=1S/C28H43N3O4S2/c1-26(2)21-9-12-28(26,24(18-21)30-25(32)23(29)10-17-36(3)33)19-37(34,35)31-15-13-27(14-16-31)11-8-20-6-4-5-7-22(20)27/h4-7,21,23-24H,8-19,29H2,1-3H3,(H,30,32)/t21-,23+,24+,28-,36?/m1/s1. The van der Waals surface area contributed by atoms with Crippen LogP contribution in [0.25, 0.3) is 0 Å². The largest absolute Gasteiger partial charge is 0.351 e. The maximum atomic E-state index is 14.0. The number of benzene rings is 1. The van der Waals surface area contributed by atoms with Gasteiger partial charge in [0.05, 0.1) is 11.8 Å². The molecule has 1 aromatic rings. The van der Waals surface area contributed by atoms with Gasteiger partial charge in [0, 0.05) is 47.4 Å². The first-order valence-electron chi connectivity index (χ1n) is 13.8. The maximum Gasteiger partial charge on any atom is 0.237 e. The van der Waals surface area contributed by atoms with Gasteiger partial charge in [-0.1, -0.05) is 38.1 Å². The van der Waals surface area contributed by atoms with Gasteiger partial charge in [0.15, 0.2) is 0 Å². The summed E-state index contributed by atoms with van der Waals surface area (Å²) >= 11 is 0. The number of nitrogens with two attached hydrogens (primary N) is 1. The number of fused-ring (bicyclic) bond motifs is 4. The van der Waals surface area contributed by atoms with Crippen LogP contribution in [0.3, 0.4) is 0 Å². The van der Waals surface area contributed by atoms with Gasteiger partial charge < -0.3 is 11.1 Å². The zero-order chi connectivity index (χ0) is 26.6. The predicted octanol–water partition coefficient (Wildman–Crippen LogP) is 2.70. The molecule has 1 heterocycles. The number of rotatable bonds is 8. The highest BCUT2D eigenvalue weighted by Gasteiger charge is 2.66. The molecule has 1 aromatic carbocycles. The maximum absolute atomic E-state index is 14.0. The highest BCUT2D eigenvalue weighted by molar-refractivity contribution is 7.89. The Kier molecular flexibility index (Phi) is 7.17. The summed E-state index contributed by atoms with van der Waals surface area (Å²) in [6.45, 7) is 5.50. The highest BCUT2D eigenvalue weighted by Crippen LogP contribution is 2.66. The molecule has 2 saturated carbocycles. The van der Waals surface area contributed by atoms with E-state index in [1.165, 1.54) is 11.1 Å². The first-order valence-corrected chi connectivity index (χ1v) is 17.2. The Hall–Kier alpha value is -1.29. The summed E-state index contributed by atoms with van der Waals surface area (Å²) in [6, 6.07) is 7.72. The van der Waals surface area contributed by atoms with E-state index in [4.69, 9.17) is 5.73 Å². The molecule has 0 radical (unpaired) electrons. The lowest BCUT2D eigenvalue weighted by atomic mass is 9.69. The minimum Gasteiger partial charge on any atom is -0.351 e. The van der Waals surface area contributed by atoms with Crippen LogP contribution in [0.1, 0.15) is 69.9 Å². The molecule has 1 saturated heterocycles. The molecule has 1 unspecified atom stereocenters. The van der Waals surface area contributed by atoms with Crippen LogP contribution in [0.4, 0.5) is 0 Å². The van der Waals surface area contributed by atoms with E-state index in [1.807, 2.05) is 0 Å². The molecule has 3 aliphatic carbocycles. The van der Waals surface area contributed by atoms with Crippen molar-refractivity contribution >= 4 is 26.7 Å². The smallest absolute Gasteiger partial charge is 0.237 e. The molecule has 3 N–H and O–H groups in total. The van der Waals surface area contributed by atoms with Gasteiger partial charge in [-0.15, -0.1) is 0 Å². The number of piperidine rings is 1. The van der Waals surface area contributed by atoms with E-state index in [-0.39, 0.29) is 28.5 Å². The average molecular weight is 550 g/mol. The first-order chi connectivity index (χ1) is 17.4. The van der Waals surface area contributed by atoms with Crippen molar-refractivity contribution in [1.82, 2.24) is 9.62 Å². The zero-order valence-corrected chi connectivity index (χ0v) is 24.1. The number of carbonyl (C=O) groups excluding carboxylic acids is 1. The van der Waals surface area contributed by atoms with Crippen LogP contribution >= 0.6 is 0 Å². The lowest BCUT2D eigenvalue weighted by Crippen LogP contribution is -2.57. The molecule has 1 amide bonds. The van der Waals surface area contributed by atoms with Crippen LogP contribution in [-0.4, -0.2) is 65.8 Å². The topological polar surface area (TPSA) is 110 Å². The number of nitrogens with zero attached hydrogens (tertiary/aromatic N) is 1. The Balaban J connectivity index is 1.30. The van der Waals surface area contributed by atoms with Gasteiger partial charge >= 0.3 is 0 Å². The fourth-order valence-electron chi connectivity index (χ4n) is 8.22. The van der Waals surface area contributed by atoms with Gasteiger partial charge in [-0.05, 0) is 79.2 Å². The lowest BCUT2D eigenvalue weighted by molar-refractivity contribution is -0.124. The Labute approximate surface area is 224 Å². The highest BCUT2D eigenvalue weighted by atomic mass is 32.2. The van der Waals surface area contributed by atoms with Crippen LogP contribution in [0.5, 0.6) is 0 Å². The molecule has 5 rings (SSSR count). The minimum atomic E-state index is -3.51. The summed E-state index contributed by atoms with van der Waals surface area (Å²) in [5.74, 6) is 0.586. The Morgan fingerprint density at radius 3 is 2.57 bits per heavy atom. The molecule has 2 bridgehead atoms. The number of nitrogens with one attached hydrogen (secondary N) is 1. The monoisotopic (exact) mass is 549 g/mol. The number of amides is 1. The van der Waals surface area contributed by atoms with Gasteiger partial charge in [0.2, 0.25) is 15.9 Å². The zero-order valence-electron chi connectivity index (χ0n) is 22.5. The second kappa shape index (κ2) is 9.72. The second-order valence-electron chi connectivity index (χ2n) is 12.7. The van der Waals surface area contributed by atoms with Crippen molar-refractivity contribution in [3.05, 3.63) is 35.4 Å². The minimum absolute atomic E-state index is 0.0756. The molecule has 206 valence electrons. The average Bonchev–Trinajstić information content (AvgIpc) is 3.39. The van der Waals surface area contributed by atoms with Crippen LogP contribution in [0.2, 0.25) is 0 Å². The van der Waals surface area contributed by atoms with Crippen molar-refractivity contribution in [3.8, 4) is 0 Å². The van der Waals surface area contributed by atoms with Crippen LogP contribution in [-0.2, 0) is 37.5 Å². The fraction of sp³-hybridized carbons (Fsp3) is 0.750. The van der Waals surface area contributed by atoms with Gasteiger partial charge in [-0.3, -0.25) is 9.00 Å². The molecule has 3 fully saturated rings. The van der Waals surface area contributed by atoms with E-state index in [9.17, 15) is 17.4 Å². The molecule has 5 atom stereocenters. The second-order valence-corrected chi connectivity index (χ2v) is 16.2. The van der Waals surface area contributed by atoms with Crippen LogP contribution in [0, 0.1) is 16.7 Å². The lowest BCUT2D eigenvalue weighted by Gasteiger charge is -2.45.